The minimum atomic E-state index is -0.0217. The van der Waals surface area contributed by atoms with Crippen LogP contribution in [-0.2, 0) is 4.74 Å². The topological polar surface area (TPSA) is 42.0 Å². The van der Waals surface area contributed by atoms with E-state index in [1.54, 1.807) is 25.3 Å². The van der Waals surface area contributed by atoms with Gasteiger partial charge in [-0.25, -0.2) is 0 Å². The lowest BCUT2D eigenvalue weighted by Crippen LogP contribution is -2.62. The van der Waals surface area contributed by atoms with Gasteiger partial charge in [0.25, 0.3) is 5.91 Å². The van der Waals surface area contributed by atoms with E-state index in [1.807, 2.05) is 4.90 Å². The summed E-state index contributed by atoms with van der Waals surface area (Å²) in [6, 6.07) is 5.92. The number of ether oxygens (including phenoxy) is 2. The highest BCUT2D eigenvalue weighted by atomic mass is 35.5. The summed E-state index contributed by atoms with van der Waals surface area (Å²) >= 11 is 6.07. The Morgan fingerprint density at radius 1 is 1.38 bits per heavy atom. The predicted octanol–water partition coefficient (Wildman–Crippen LogP) is 2.67. The molecule has 0 aliphatic carbocycles. The molecule has 0 bridgehead atoms. The number of carbonyl (C=O) groups excluding carboxylic acids is 1. The van der Waals surface area contributed by atoms with E-state index >= 15 is 0 Å². The number of piperazine rings is 1. The number of hydrogen-bond donors (Lipinski definition) is 0. The van der Waals surface area contributed by atoms with Gasteiger partial charge in [-0.1, -0.05) is 24.9 Å². The minimum Gasteiger partial charge on any atom is -0.496 e. The number of halogens is 1. The number of rotatable bonds is 4. The van der Waals surface area contributed by atoms with Gasteiger partial charge in [-0.2, -0.15) is 0 Å². The number of amides is 1. The third-order valence-electron chi connectivity index (χ3n) is 4.92. The third kappa shape index (κ3) is 3.53. The van der Waals surface area contributed by atoms with Gasteiger partial charge in [-0.15, -0.1) is 0 Å². The smallest absolute Gasteiger partial charge is 0.257 e. The minimum absolute atomic E-state index is 0.0217. The van der Waals surface area contributed by atoms with Crippen LogP contribution in [0.25, 0.3) is 0 Å². The maximum Gasteiger partial charge on any atom is 0.257 e. The van der Waals surface area contributed by atoms with Gasteiger partial charge in [0.05, 0.1) is 31.9 Å². The zero-order chi connectivity index (χ0) is 17.1. The van der Waals surface area contributed by atoms with Crippen LogP contribution in [0.2, 0.25) is 5.02 Å². The third-order valence-corrected chi connectivity index (χ3v) is 5.15. The Labute approximate surface area is 148 Å². The molecule has 1 aromatic rings. The summed E-state index contributed by atoms with van der Waals surface area (Å²) in [6.45, 7) is 6.01. The number of morpholine rings is 1. The first-order valence-corrected chi connectivity index (χ1v) is 8.98. The SMILES string of the molecule is CCC[C@H]1COC[C@H]2CN(C(=O)c3cc(Cl)ccc3OC)CCN12. The lowest BCUT2D eigenvalue weighted by Gasteiger charge is -2.48. The van der Waals surface area contributed by atoms with Crippen molar-refractivity contribution in [1.82, 2.24) is 9.80 Å². The van der Waals surface area contributed by atoms with Crippen molar-refractivity contribution in [2.75, 3.05) is 40.0 Å². The van der Waals surface area contributed by atoms with Gasteiger partial charge in [-0.3, -0.25) is 9.69 Å². The van der Waals surface area contributed by atoms with E-state index in [4.69, 9.17) is 21.1 Å². The molecule has 2 aliphatic rings. The van der Waals surface area contributed by atoms with E-state index in [0.29, 0.717) is 35.5 Å². The van der Waals surface area contributed by atoms with Crippen molar-refractivity contribution in [3.05, 3.63) is 28.8 Å². The summed E-state index contributed by atoms with van der Waals surface area (Å²) < 4.78 is 11.1. The van der Waals surface area contributed by atoms with E-state index in [1.165, 1.54) is 0 Å². The van der Waals surface area contributed by atoms with Crippen molar-refractivity contribution >= 4 is 17.5 Å². The zero-order valence-electron chi connectivity index (χ0n) is 14.3. The van der Waals surface area contributed by atoms with Crippen LogP contribution < -0.4 is 4.74 Å². The van der Waals surface area contributed by atoms with Crippen LogP contribution >= 0.6 is 11.6 Å². The summed E-state index contributed by atoms with van der Waals surface area (Å²) in [5, 5.41) is 0.543. The summed E-state index contributed by atoms with van der Waals surface area (Å²) in [7, 11) is 1.57. The van der Waals surface area contributed by atoms with Crippen LogP contribution in [0.15, 0.2) is 18.2 Å². The van der Waals surface area contributed by atoms with E-state index in [9.17, 15) is 4.79 Å². The molecule has 0 spiro atoms. The second-order valence-electron chi connectivity index (χ2n) is 6.47. The summed E-state index contributed by atoms with van der Waals surface area (Å²) in [6.07, 6.45) is 2.30. The van der Waals surface area contributed by atoms with Gasteiger partial charge in [0, 0.05) is 30.7 Å². The zero-order valence-corrected chi connectivity index (χ0v) is 15.1. The molecule has 2 fully saturated rings. The average molecular weight is 353 g/mol. The van der Waals surface area contributed by atoms with Crippen LogP contribution in [0, 0.1) is 0 Å². The molecule has 5 nitrogen and oxygen atoms in total. The molecule has 1 amide bonds. The summed E-state index contributed by atoms with van der Waals surface area (Å²) in [4.78, 5) is 17.4. The Morgan fingerprint density at radius 3 is 2.96 bits per heavy atom. The van der Waals surface area contributed by atoms with Gasteiger partial charge in [0.1, 0.15) is 5.75 Å². The van der Waals surface area contributed by atoms with Crippen molar-refractivity contribution in [2.45, 2.75) is 31.8 Å². The maximum atomic E-state index is 12.9. The largest absolute Gasteiger partial charge is 0.496 e. The Hall–Kier alpha value is -1.30. The Morgan fingerprint density at radius 2 is 2.21 bits per heavy atom. The molecule has 24 heavy (non-hydrogen) atoms. The predicted molar refractivity (Wildman–Crippen MR) is 93.9 cm³/mol. The van der Waals surface area contributed by atoms with Crippen molar-refractivity contribution in [2.24, 2.45) is 0 Å². The van der Waals surface area contributed by atoms with Crippen molar-refractivity contribution in [1.29, 1.82) is 0 Å². The van der Waals surface area contributed by atoms with Crippen LogP contribution in [0.3, 0.4) is 0 Å². The molecule has 0 unspecified atom stereocenters. The van der Waals surface area contributed by atoms with E-state index in [-0.39, 0.29) is 11.9 Å². The first kappa shape index (κ1) is 17.5. The van der Waals surface area contributed by atoms with Crippen LogP contribution in [0.1, 0.15) is 30.1 Å². The number of nitrogens with zero attached hydrogens (tertiary/aromatic N) is 2. The fraction of sp³-hybridized carbons (Fsp3) is 0.611. The van der Waals surface area contributed by atoms with E-state index < -0.39 is 0 Å². The lowest BCUT2D eigenvalue weighted by molar-refractivity contribution is -0.0776. The molecule has 0 N–H and O–H groups in total. The molecule has 132 valence electrons. The average Bonchev–Trinajstić information content (AvgIpc) is 2.61. The molecule has 0 aromatic heterocycles. The van der Waals surface area contributed by atoms with Gasteiger partial charge >= 0.3 is 0 Å². The molecule has 2 heterocycles. The van der Waals surface area contributed by atoms with Crippen molar-refractivity contribution < 1.29 is 14.3 Å². The van der Waals surface area contributed by atoms with Gasteiger partial charge in [0.15, 0.2) is 0 Å². The second kappa shape index (κ2) is 7.72. The van der Waals surface area contributed by atoms with E-state index in [2.05, 4.69) is 11.8 Å². The van der Waals surface area contributed by atoms with Gasteiger partial charge < -0.3 is 14.4 Å². The molecule has 1 aromatic carbocycles. The summed E-state index contributed by atoms with van der Waals surface area (Å²) in [5.41, 5.74) is 0.528. The second-order valence-corrected chi connectivity index (χ2v) is 6.90. The highest BCUT2D eigenvalue weighted by Crippen LogP contribution is 2.27. The summed E-state index contributed by atoms with van der Waals surface area (Å²) in [5.74, 6) is 0.544. The molecular formula is C18H25ClN2O3. The molecule has 2 saturated heterocycles. The standard InChI is InChI=1S/C18H25ClN2O3/c1-3-4-14-11-24-12-15-10-20(7-8-21(14)15)18(22)16-9-13(19)5-6-17(16)23-2/h5-6,9,14-15H,3-4,7-8,10-12H2,1-2H3/t14-,15+/m0/s1. The molecule has 2 aliphatic heterocycles. The normalized spacial score (nSPS) is 24.5. The number of benzene rings is 1. The number of carbonyl (C=O) groups is 1. The monoisotopic (exact) mass is 352 g/mol. The fourth-order valence-corrected chi connectivity index (χ4v) is 3.89. The number of hydrogen-bond acceptors (Lipinski definition) is 4. The van der Waals surface area contributed by atoms with Crippen LogP contribution in [0.5, 0.6) is 5.75 Å². The van der Waals surface area contributed by atoms with Gasteiger partial charge in [0.2, 0.25) is 0 Å². The number of fused-ring (bicyclic) bond motifs is 1. The van der Waals surface area contributed by atoms with E-state index in [0.717, 1.165) is 32.5 Å². The van der Waals surface area contributed by atoms with Crippen LogP contribution in [0.4, 0.5) is 0 Å². The lowest BCUT2D eigenvalue weighted by atomic mass is 10.0. The molecule has 2 atom stereocenters. The highest BCUT2D eigenvalue weighted by molar-refractivity contribution is 6.31. The molecule has 0 radical (unpaired) electrons. The van der Waals surface area contributed by atoms with Crippen molar-refractivity contribution in [3.8, 4) is 5.75 Å². The van der Waals surface area contributed by atoms with Crippen molar-refractivity contribution in [3.63, 3.8) is 0 Å². The number of methoxy groups -OCH3 is 1. The molecule has 3 rings (SSSR count). The highest BCUT2D eigenvalue weighted by Gasteiger charge is 2.37. The molecule has 6 heteroatoms. The Kier molecular flexibility index (Phi) is 5.64. The molecule has 0 saturated carbocycles. The molecular weight excluding hydrogens is 328 g/mol. The quantitative estimate of drug-likeness (QED) is 0.835. The fourth-order valence-electron chi connectivity index (χ4n) is 3.72. The Balaban J connectivity index is 1.73. The van der Waals surface area contributed by atoms with Gasteiger partial charge in [-0.05, 0) is 24.6 Å². The Bertz CT molecular complexity index is 594. The van der Waals surface area contributed by atoms with Crippen LogP contribution in [-0.4, -0.2) is 67.7 Å². The first-order chi connectivity index (χ1) is 11.6. The maximum absolute atomic E-state index is 12.9. The first-order valence-electron chi connectivity index (χ1n) is 8.60.